The number of nitrogens with zero attached hydrogens (tertiary/aromatic N) is 3. The lowest BCUT2D eigenvalue weighted by Crippen LogP contribution is -2.18. The van der Waals surface area contributed by atoms with Gasteiger partial charge in [-0.15, -0.1) is 0 Å². The van der Waals surface area contributed by atoms with Gasteiger partial charge in [0.2, 0.25) is 11.5 Å². The number of hydrogen-bond donors (Lipinski definition) is 1. The van der Waals surface area contributed by atoms with E-state index in [2.05, 4.69) is 10.5 Å². The number of non-ortho nitro benzene ring substituents is 1. The monoisotopic (exact) mass is 754 g/mol. The van der Waals surface area contributed by atoms with Crippen molar-refractivity contribution >= 4 is 23.5 Å². The van der Waals surface area contributed by atoms with Crippen LogP contribution in [0.4, 0.5) is 11.4 Å². The molecule has 6 aromatic rings. The van der Waals surface area contributed by atoms with Crippen LogP contribution >= 0.6 is 0 Å². The second-order valence-corrected chi connectivity index (χ2v) is 12.0. The first kappa shape index (κ1) is 38.0. The fourth-order valence-corrected chi connectivity index (χ4v) is 5.31. The van der Waals surface area contributed by atoms with Crippen LogP contribution in [0.15, 0.2) is 145 Å². The molecule has 6 aromatic carbocycles. The van der Waals surface area contributed by atoms with Gasteiger partial charge in [-0.3, -0.25) is 25.0 Å². The third-order valence-corrected chi connectivity index (χ3v) is 8.12. The number of nitrogens with one attached hydrogen (secondary N) is 1. The third kappa shape index (κ3) is 10.0. The number of hydrogen-bond acceptors (Lipinski definition) is 11. The Labute approximate surface area is 320 Å². The number of amides is 1. The molecule has 0 saturated carbocycles. The summed E-state index contributed by atoms with van der Waals surface area (Å²) in [6.07, 6.45) is 1.37. The average molecular weight is 755 g/mol. The standard InChI is InChI=1S/C42H34N4O10/c1-52-38-21-32(17-19-37(38)56-36-20-18-34(45(48)49)24-35(36)46(50)51)25-43-44-42(47)33-22-39(53-26-29-11-5-2-6-12-29)41(55-28-31-15-9-4-10-16-31)40(23-33)54-27-30-13-7-3-8-14-30/h2-25H,26-28H2,1H3,(H,44,47). The van der Waals surface area contributed by atoms with E-state index in [9.17, 15) is 25.0 Å². The highest BCUT2D eigenvalue weighted by molar-refractivity contribution is 5.96. The molecule has 0 bridgehead atoms. The topological polar surface area (TPSA) is 174 Å². The molecule has 0 aromatic heterocycles. The zero-order valence-corrected chi connectivity index (χ0v) is 29.9. The van der Waals surface area contributed by atoms with Crippen LogP contribution in [-0.2, 0) is 19.8 Å². The number of hydrazone groups is 1. The highest BCUT2D eigenvalue weighted by atomic mass is 16.6. The first-order valence-corrected chi connectivity index (χ1v) is 17.1. The first-order valence-electron chi connectivity index (χ1n) is 17.1. The Hall–Kier alpha value is -7.74. The fourth-order valence-electron chi connectivity index (χ4n) is 5.31. The second-order valence-electron chi connectivity index (χ2n) is 12.0. The van der Waals surface area contributed by atoms with Crippen LogP contribution < -0.4 is 29.1 Å². The van der Waals surface area contributed by atoms with Crippen LogP contribution in [0.2, 0.25) is 0 Å². The van der Waals surface area contributed by atoms with Crippen LogP contribution in [0.25, 0.3) is 0 Å². The normalized spacial score (nSPS) is 10.7. The molecule has 14 nitrogen and oxygen atoms in total. The Morgan fingerprint density at radius 2 is 1.16 bits per heavy atom. The van der Waals surface area contributed by atoms with Crippen molar-refractivity contribution in [2.45, 2.75) is 19.8 Å². The molecule has 0 spiro atoms. The summed E-state index contributed by atoms with van der Waals surface area (Å²) in [5.41, 5.74) is 4.90. The van der Waals surface area contributed by atoms with Crippen molar-refractivity contribution in [3.8, 4) is 34.5 Å². The quantitative estimate of drug-likeness (QED) is 0.0538. The summed E-state index contributed by atoms with van der Waals surface area (Å²) in [6.45, 7) is 0.615. The molecule has 0 unspecified atom stereocenters. The third-order valence-electron chi connectivity index (χ3n) is 8.12. The lowest BCUT2D eigenvalue weighted by atomic mass is 10.1. The maximum Gasteiger partial charge on any atom is 0.318 e. The van der Waals surface area contributed by atoms with Gasteiger partial charge in [-0.2, -0.15) is 5.10 Å². The number of rotatable bonds is 17. The lowest BCUT2D eigenvalue weighted by molar-refractivity contribution is -0.394. The minimum absolute atomic E-state index is 0.103. The number of ether oxygens (including phenoxy) is 5. The van der Waals surface area contributed by atoms with Gasteiger partial charge in [0.05, 0.1) is 29.2 Å². The number of benzene rings is 6. The van der Waals surface area contributed by atoms with Crippen molar-refractivity contribution in [3.63, 3.8) is 0 Å². The molecule has 0 aliphatic rings. The van der Waals surface area contributed by atoms with Crippen LogP contribution in [0.5, 0.6) is 34.5 Å². The Bertz CT molecular complexity index is 2280. The van der Waals surface area contributed by atoms with Gasteiger partial charge in [-0.25, -0.2) is 5.43 Å². The van der Waals surface area contributed by atoms with Crippen LogP contribution in [-0.4, -0.2) is 29.1 Å². The van der Waals surface area contributed by atoms with E-state index < -0.39 is 27.1 Å². The molecule has 1 amide bonds. The summed E-state index contributed by atoms with van der Waals surface area (Å²) in [5.74, 6) is 0.404. The first-order chi connectivity index (χ1) is 27.3. The molecule has 6 rings (SSSR count). The van der Waals surface area contributed by atoms with E-state index >= 15 is 0 Å². The predicted octanol–water partition coefficient (Wildman–Crippen LogP) is 8.80. The summed E-state index contributed by atoms with van der Waals surface area (Å²) < 4.78 is 30.0. The van der Waals surface area contributed by atoms with E-state index in [0.717, 1.165) is 34.9 Å². The molecule has 0 saturated heterocycles. The fraction of sp³-hybridized carbons (Fsp3) is 0.0952. The zero-order valence-electron chi connectivity index (χ0n) is 29.9. The van der Waals surface area contributed by atoms with E-state index in [4.69, 9.17) is 23.7 Å². The van der Waals surface area contributed by atoms with Crippen molar-refractivity contribution in [3.05, 3.63) is 188 Å². The number of nitro benzene ring substituents is 2. The van der Waals surface area contributed by atoms with E-state index in [0.29, 0.717) is 11.3 Å². The number of nitro groups is 2. The smallest absolute Gasteiger partial charge is 0.318 e. The molecule has 0 heterocycles. The van der Waals surface area contributed by atoms with Crippen molar-refractivity contribution in [2.24, 2.45) is 5.10 Å². The second kappa shape index (κ2) is 18.3. The molecule has 14 heteroatoms. The highest BCUT2D eigenvalue weighted by Gasteiger charge is 2.23. The maximum absolute atomic E-state index is 13.6. The molecular formula is C42H34N4O10. The Balaban J connectivity index is 1.24. The number of carbonyl (C=O) groups is 1. The number of methoxy groups -OCH3 is 1. The SMILES string of the molecule is COc1cc(C=NNC(=O)c2cc(OCc3ccccc3)c(OCc3ccccc3)c(OCc3ccccc3)c2)ccc1Oc1ccc([N+](=O)[O-])cc1[N+](=O)[O-]. The van der Waals surface area contributed by atoms with Crippen molar-refractivity contribution in [1.29, 1.82) is 0 Å². The van der Waals surface area contributed by atoms with Crippen LogP contribution in [0.1, 0.15) is 32.6 Å². The van der Waals surface area contributed by atoms with E-state index in [1.54, 1.807) is 18.2 Å². The van der Waals surface area contributed by atoms with E-state index in [1.807, 2.05) is 91.0 Å². The van der Waals surface area contributed by atoms with E-state index in [-0.39, 0.29) is 54.1 Å². The molecular weight excluding hydrogens is 720 g/mol. The molecule has 0 fully saturated rings. The zero-order chi connectivity index (χ0) is 39.3. The Morgan fingerprint density at radius 1 is 0.625 bits per heavy atom. The molecule has 282 valence electrons. The van der Waals surface area contributed by atoms with Gasteiger partial charge in [0.1, 0.15) is 19.8 Å². The summed E-state index contributed by atoms with van der Waals surface area (Å²) in [5, 5.41) is 26.8. The summed E-state index contributed by atoms with van der Waals surface area (Å²) in [7, 11) is 1.37. The predicted molar refractivity (Wildman–Crippen MR) is 207 cm³/mol. The van der Waals surface area contributed by atoms with Crippen LogP contribution in [0.3, 0.4) is 0 Å². The minimum atomic E-state index is -0.777. The molecule has 0 aliphatic heterocycles. The van der Waals surface area contributed by atoms with Crippen molar-refractivity contribution in [2.75, 3.05) is 7.11 Å². The van der Waals surface area contributed by atoms with Gasteiger partial charge >= 0.3 is 5.69 Å². The summed E-state index contributed by atoms with van der Waals surface area (Å²) >= 11 is 0. The number of carbonyl (C=O) groups excluding carboxylic acids is 1. The summed E-state index contributed by atoms with van der Waals surface area (Å²) in [4.78, 5) is 34.8. The van der Waals surface area contributed by atoms with Gasteiger partial charge in [-0.05, 0) is 58.7 Å². The van der Waals surface area contributed by atoms with E-state index in [1.165, 1.54) is 25.5 Å². The van der Waals surface area contributed by atoms with Crippen molar-refractivity contribution in [1.82, 2.24) is 5.43 Å². The van der Waals surface area contributed by atoms with Crippen molar-refractivity contribution < 1.29 is 38.3 Å². The molecule has 1 N–H and O–H groups in total. The van der Waals surface area contributed by atoms with Gasteiger partial charge in [0, 0.05) is 11.6 Å². The van der Waals surface area contributed by atoms with Gasteiger partial charge in [-0.1, -0.05) is 91.0 Å². The summed E-state index contributed by atoms with van der Waals surface area (Å²) in [6, 6.07) is 39.6. The maximum atomic E-state index is 13.6. The largest absolute Gasteiger partial charge is 0.493 e. The molecule has 0 aliphatic carbocycles. The molecule has 0 radical (unpaired) electrons. The average Bonchev–Trinajstić information content (AvgIpc) is 3.23. The lowest BCUT2D eigenvalue weighted by Gasteiger charge is -2.19. The molecule has 56 heavy (non-hydrogen) atoms. The Kier molecular flexibility index (Phi) is 12.4. The highest BCUT2D eigenvalue weighted by Crippen LogP contribution is 2.41. The Morgan fingerprint density at radius 3 is 1.68 bits per heavy atom. The molecule has 0 atom stereocenters. The van der Waals surface area contributed by atoms with Gasteiger partial charge < -0.3 is 23.7 Å². The minimum Gasteiger partial charge on any atom is -0.493 e. The van der Waals surface area contributed by atoms with Gasteiger partial charge in [0.25, 0.3) is 11.6 Å². The van der Waals surface area contributed by atoms with Crippen LogP contribution in [0, 0.1) is 20.2 Å². The van der Waals surface area contributed by atoms with Gasteiger partial charge in [0.15, 0.2) is 23.0 Å².